The van der Waals surface area contributed by atoms with Crippen LogP contribution in [0.4, 0.5) is 11.4 Å². The largest absolute Gasteiger partial charge is 0.324 e. The maximum Gasteiger partial charge on any atom is 0.265 e. The number of thiophene rings is 1. The molecule has 0 spiro atoms. The Balaban J connectivity index is 1.81. The fourth-order valence-corrected chi connectivity index (χ4v) is 3.17. The van der Waals surface area contributed by atoms with Gasteiger partial charge in [-0.05, 0) is 29.6 Å². The van der Waals surface area contributed by atoms with Crippen molar-refractivity contribution in [2.75, 3.05) is 16.4 Å². The smallest absolute Gasteiger partial charge is 0.265 e. The normalized spacial score (nSPS) is 13.6. The first kappa shape index (κ1) is 12.3. The molecule has 0 radical (unpaired) electrons. The van der Waals surface area contributed by atoms with E-state index in [4.69, 9.17) is 0 Å². The highest BCUT2D eigenvalue weighted by molar-refractivity contribution is 8.00. The van der Waals surface area contributed by atoms with Gasteiger partial charge in [-0.15, -0.1) is 23.1 Å². The average Bonchev–Trinajstić information content (AvgIpc) is 2.92. The number of rotatable bonds is 2. The Morgan fingerprint density at radius 3 is 3.00 bits per heavy atom. The van der Waals surface area contributed by atoms with Gasteiger partial charge in [-0.3, -0.25) is 9.59 Å². The second-order valence-corrected chi connectivity index (χ2v) is 5.94. The number of anilines is 2. The molecule has 0 saturated carbocycles. The fraction of sp³-hybridized carbons (Fsp3) is 0.0769. The van der Waals surface area contributed by atoms with E-state index in [2.05, 4.69) is 10.6 Å². The number of carbonyl (C=O) groups is 2. The summed E-state index contributed by atoms with van der Waals surface area (Å²) in [6.45, 7) is 0. The molecule has 0 aliphatic carbocycles. The van der Waals surface area contributed by atoms with Gasteiger partial charge in [0, 0.05) is 10.6 Å². The second-order valence-electron chi connectivity index (χ2n) is 3.98. The van der Waals surface area contributed by atoms with E-state index in [1.54, 1.807) is 12.1 Å². The van der Waals surface area contributed by atoms with Crippen LogP contribution >= 0.6 is 23.1 Å². The molecule has 1 aliphatic rings. The van der Waals surface area contributed by atoms with Crippen molar-refractivity contribution in [3.63, 3.8) is 0 Å². The predicted octanol–water partition coefficient (Wildman–Crippen LogP) is 3.04. The van der Waals surface area contributed by atoms with Crippen LogP contribution in [-0.4, -0.2) is 17.6 Å². The van der Waals surface area contributed by atoms with Crippen LogP contribution in [-0.2, 0) is 4.79 Å². The lowest BCUT2D eigenvalue weighted by Gasteiger charge is -2.17. The van der Waals surface area contributed by atoms with E-state index in [-0.39, 0.29) is 11.8 Å². The first-order chi connectivity index (χ1) is 9.22. The maximum absolute atomic E-state index is 11.9. The van der Waals surface area contributed by atoms with Crippen molar-refractivity contribution in [3.05, 3.63) is 40.6 Å². The van der Waals surface area contributed by atoms with Gasteiger partial charge >= 0.3 is 0 Å². The number of nitrogens with one attached hydrogen (secondary N) is 2. The maximum atomic E-state index is 11.9. The van der Waals surface area contributed by atoms with Crippen molar-refractivity contribution in [1.82, 2.24) is 0 Å². The molecular weight excluding hydrogens is 280 g/mol. The molecule has 0 fully saturated rings. The molecule has 0 saturated heterocycles. The van der Waals surface area contributed by atoms with Crippen molar-refractivity contribution in [1.29, 1.82) is 0 Å². The van der Waals surface area contributed by atoms with Gasteiger partial charge in [0.25, 0.3) is 5.91 Å². The number of amides is 2. The lowest BCUT2D eigenvalue weighted by Crippen LogP contribution is -2.19. The Kier molecular flexibility index (Phi) is 3.27. The number of fused-ring (bicyclic) bond motifs is 1. The zero-order valence-electron chi connectivity index (χ0n) is 9.80. The summed E-state index contributed by atoms with van der Waals surface area (Å²) in [5.41, 5.74) is 1.44. The van der Waals surface area contributed by atoms with Crippen molar-refractivity contribution < 1.29 is 9.59 Å². The van der Waals surface area contributed by atoms with Gasteiger partial charge in [0.1, 0.15) is 0 Å². The first-order valence-electron chi connectivity index (χ1n) is 5.64. The Morgan fingerprint density at radius 1 is 1.32 bits per heavy atom. The van der Waals surface area contributed by atoms with E-state index in [1.165, 1.54) is 23.1 Å². The summed E-state index contributed by atoms with van der Waals surface area (Å²) in [6.07, 6.45) is 0. The standard InChI is InChI=1S/C13H10N2O2S2/c16-12-7-19-10-4-3-8(6-9(10)15-12)14-13(17)11-2-1-5-18-11/h1-6H,7H2,(H,14,17)(H,15,16). The predicted molar refractivity (Wildman–Crippen MR) is 78.1 cm³/mol. The van der Waals surface area contributed by atoms with E-state index in [0.29, 0.717) is 16.3 Å². The molecule has 0 bridgehead atoms. The fourth-order valence-electron chi connectivity index (χ4n) is 1.76. The molecular formula is C13H10N2O2S2. The van der Waals surface area contributed by atoms with Crippen LogP contribution in [0.1, 0.15) is 9.67 Å². The van der Waals surface area contributed by atoms with Gasteiger partial charge in [-0.1, -0.05) is 6.07 Å². The highest BCUT2D eigenvalue weighted by Crippen LogP contribution is 2.33. The van der Waals surface area contributed by atoms with Gasteiger partial charge < -0.3 is 10.6 Å². The van der Waals surface area contributed by atoms with E-state index in [9.17, 15) is 9.59 Å². The van der Waals surface area contributed by atoms with Gasteiger partial charge in [-0.2, -0.15) is 0 Å². The molecule has 96 valence electrons. The summed E-state index contributed by atoms with van der Waals surface area (Å²) < 4.78 is 0. The Bertz CT molecular complexity index is 638. The molecule has 1 aliphatic heterocycles. The second kappa shape index (κ2) is 5.07. The first-order valence-corrected chi connectivity index (χ1v) is 7.50. The van der Waals surface area contributed by atoms with Gasteiger partial charge in [-0.25, -0.2) is 0 Å². The summed E-state index contributed by atoms with van der Waals surface area (Å²) in [6, 6.07) is 9.14. The third kappa shape index (κ3) is 2.64. The highest BCUT2D eigenvalue weighted by Gasteiger charge is 2.16. The van der Waals surface area contributed by atoms with Gasteiger partial charge in [0.15, 0.2) is 0 Å². The molecule has 6 heteroatoms. The minimum absolute atomic E-state index is 0.0146. The third-order valence-corrected chi connectivity index (χ3v) is 4.56. The van der Waals surface area contributed by atoms with Crippen LogP contribution in [0, 0.1) is 0 Å². The van der Waals surface area contributed by atoms with Crippen LogP contribution in [0.3, 0.4) is 0 Å². The Labute approximate surface area is 118 Å². The van der Waals surface area contributed by atoms with Gasteiger partial charge in [0.05, 0.1) is 16.3 Å². The number of hydrogen-bond donors (Lipinski definition) is 2. The molecule has 0 atom stereocenters. The summed E-state index contributed by atoms with van der Waals surface area (Å²) in [5, 5.41) is 7.48. The monoisotopic (exact) mass is 290 g/mol. The molecule has 2 heterocycles. The number of thioether (sulfide) groups is 1. The molecule has 2 amide bonds. The van der Waals surface area contributed by atoms with Crippen LogP contribution in [0.2, 0.25) is 0 Å². The lowest BCUT2D eigenvalue weighted by molar-refractivity contribution is -0.113. The Morgan fingerprint density at radius 2 is 2.21 bits per heavy atom. The SMILES string of the molecule is O=C1CSc2ccc(NC(=O)c3cccs3)cc2N1. The zero-order valence-corrected chi connectivity index (χ0v) is 11.4. The van der Waals surface area contributed by atoms with E-state index < -0.39 is 0 Å². The van der Waals surface area contributed by atoms with Gasteiger partial charge in [0.2, 0.25) is 5.91 Å². The number of hydrogen-bond acceptors (Lipinski definition) is 4. The summed E-state index contributed by atoms with van der Waals surface area (Å²) in [5.74, 6) is 0.289. The topological polar surface area (TPSA) is 58.2 Å². The van der Waals surface area contributed by atoms with Crippen molar-refractivity contribution in [2.45, 2.75) is 4.90 Å². The van der Waals surface area contributed by atoms with Crippen molar-refractivity contribution in [3.8, 4) is 0 Å². The molecule has 2 N–H and O–H groups in total. The molecule has 4 nitrogen and oxygen atoms in total. The van der Waals surface area contributed by atoms with Crippen LogP contribution in [0.15, 0.2) is 40.6 Å². The van der Waals surface area contributed by atoms with Crippen molar-refractivity contribution >= 4 is 46.3 Å². The molecule has 2 aromatic rings. The number of carbonyl (C=O) groups excluding carboxylic acids is 2. The van der Waals surface area contributed by atoms with Crippen LogP contribution < -0.4 is 10.6 Å². The van der Waals surface area contributed by atoms with Crippen LogP contribution in [0.5, 0.6) is 0 Å². The minimum atomic E-state index is -0.135. The van der Waals surface area contributed by atoms with E-state index >= 15 is 0 Å². The Hall–Kier alpha value is -1.79. The quantitative estimate of drug-likeness (QED) is 0.893. The molecule has 1 aromatic carbocycles. The van der Waals surface area contributed by atoms with Crippen molar-refractivity contribution in [2.24, 2.45) is 0 Å². The summed E-state index contributed by atoms with van der Waals surface area (Å²) in [7, 11) is 0. The minimum Gasteiger partial charge on any atom is -0.324 e. The van der Waals surface area contributed by atoms with Crippen LogP contribution in [0.25, 0.3) is 0 Å². The molecule has 1 aromatic heterocycles. The highest BCUT2D eigenvalue weighted by atomic mass is 32.2. The molecule has 19 heavy (non-hydrogen) atoms. The summed E-state index contributed by atoms with van der Waals surface area (Å²) in [4.78, 5) is 24.9. The molecule has 0 unspecified atom stereocenters. The zero-order chi connectivity index (χ0) is 13.2. The summed E-state index contributed by atoms with van der Waals surface area (Å²) >= 11 is 2.89. The van der Waals surface area contributed by atoms with E-state index in [1.807, 2.05) is 23.6 Å². The third-order valence-electron chi connectivity index (χ3n) is 2.62. The average molecular weight is 290 g/mol. The lowest BCUT2D eigenvalue weighted by atomic mass is 10.2. The van der Waals surface area contributed by atoms with E-state index in [0.717, 1.165) is 10.6 Å². The number of benzene rings is 1. The molecule has 3 rings (SSSR count).